The number of nitriles is 1. The third-order valence-corrected chi connectivity index (χ3v) is 5.34. The highest BCUT2D eigenvalue weighted by molar-refractivity contribution is 6.31. The lowest BCUT2D eigenvalue weighted by Crippen LogP contribution is -2.42. The van der Waals surface area contributed by atoms with E-state index in [1.807, 2.05) is 24.3 Å². The van der Waals surface area contributed by atoms with E-state index in [0.717, 1.165) is 29.7 Å². The highest BCUT2D eigenvalue weighted by atomic mass is 35.5. The Balaban J connectivity index is 1.52. The molecule has 0 radical (unpaired) electrons. The van der Waals surface area contributed by atoms with Crippen LogP contribution in [0.1, 0.15) is 24.0 Å². The number of benzene rings is 1. The second kappa shape index (κ2) is 7.83. The van der Waals surface area contributed by atoms with E-state index in [9.17, 15) is 4.79 Å². The van der Waals surface area contributed by atoms with Crippen LogP contribution in [0.3, 0.4) is 0 Å². The number of hydrogen-bond donors (Lipinski definition) is 1. The highest BCUT2D eigenvalue weighted by Crippen LogP contribution is 2.29. The molecule has 140 valence electrons. The molecule has 0 spiro atoms. The summed E-state index contributed by atoms with van der Waals surface area (Å²) in [6.45, 7) is 0.664. The lowest BCUT2D eigenvalue weighted by atomic mass is 9.90. The first-order valence-corrected chi connectivity index (χ1v) is 9.49. The summed E-state index contributed by atoms with van der Waals surface area (Å²) in [6, 6.07) is 13.1. The number of anilines is 1. The Bertz CT molecular complexity index is 1040. The third kappa shape index (κ3) is 3.62. The number of piperidine rings is 1. The average Bonchev–Trinajstić information content (AvgIpc) is 3.21. The van der Waals surface area contributed by atoms with Crippen LogP contribution in [0.2, 0.25) is 5.02 Å². The molecule has 1 atom stereocenters. The molecule has 3 aromatic rings. The third-order valence-electron chi connectivity index (χ3n) is 5.01. The average molecular weight is 392 g/mol. The zero-order chi connectivity index (χ0) is 19.5. The van der Waals surface area contributed by atoms with Crippen LogP contribution in [0.5, 0.6) is 0 Å². The molecule has 1 aliphatic heterocycles. The molecule has 6 nitrogen and oxygen atoms in total. The minimum Gasteiger partial charge on any atom is -0.297 e. The van der Waals surface area contributed by atoms with E-state index in [-0.39, 0.29) is 11.8 Å². The standard InChI is InChI=1S/C21H18ClN5O/c22-18-4-3-14(11-17(18)13-23)10-16-2-1-9-27(21(16)28)20-12-19(25-26-20)15-5-7-24-8-6-15/h3-8,11-12,16H,1-2,9-10H2,(H,25,26). The minimum atomic E-state index is -0.130. The second-order valence-corrected chi connectivity index (χ2v) is 7.24. The number of carbonyl (C=O) groups is 1. The molecule has 1 aromatic carbocycles. The first-order chi connectivity index (χ1) is 13.7. The maximum Gasteiger partial charge on any atom is 0.231 e. The Morgan fingerprint density at radius 1 is 1.25 bits per heavy atom. The molecule has 1 saturated heterocycles. The number of nitrogens with one attached hydrogen (secondary N) is 1. The number of pyridine rings is 1. The molecule has 1 fully saturated rings. The number of H-pyrrole nitrogens is 1. The SMILES string of the molecule is N#Cc1cc(CC2CCCN(c3cc(-c4ccncc4)n[nH]3)C2=O)ccc1Cl. The van der Waals surface area contributed by atoms with Crippen molar-refractivity contribution in [3.63, 3.8) is 0 Å². The van der Waals surface area contributed by atoms with Crippen LogP contribution in [0, 0.1) is 17.2 Å². The molecule has 1 aliphatic rings. The van der Waals surface area contributed by atoms with Gasteiger partial charge in [-0.05, 0) is 49.1 Å². The van der Waals surface area contributed by atoms with Gasteiger partial charge in [0.05, 0.1) is 16.3 Å². The van der Waals surface area contributed by atoms with Crippen LogP contribution in [-0.4, -0.2) is 27.6 Å². The highest BCUT2D eigenvalue weighted by Gasteiger charge is 2.31. The fourth-order valence-electron chi connectivity index (χ4n) is 3.57. The molecular weight excluding hydrogens is 374 g/mol. The van der Waals surface area contributed by atoms with Gasteiger partial charge in [-0.25, -0.2) is 0 Å². The van der Waals surface area contributed by atoms with Crippen molar-refractivity contribution in [1.82, 2.24) is 15.2 Å². The minimum absolute atomic E-state index is 0.0737. The summed E-state index contributed by atoms with van der Waals surface area (Å²) in [6.07, 6.45) is 5.76. The van der Waals surface area contributed by atoms with Crippen molar-refractivity contribution < 1.29 is 4.79 Å². The van der Waals surface area contributed by atoms with Crippen LogP contribution in [-0.2, 0) is 11.2 Å². The van der Waals surface area contributed by atoms with Gasteiger partial charge in [0.25, 0.3) is 0 Å². The lowest BCUT2D eigenvalue weighted by molar-refractivity contribution is -0.123. The molecule has 0 saturated carbocycles. The van der Waals surface area contributed by atoms with Gasteiger partial charge in [-0.3, -0.25) is 19.8 Å². The fraction of sp³-hybridized carbons (Fsp3) is 0.238. The van der Waals surface area contributed by atoms with E-state index >= 15 is 0 Å². The summed E-state index contributed by atoms with van der Waals surface area (Å²) in [7, 11) is 0. The van der Waals surface area contributed by atoms with E-state index in [0.29, 0.717) is 29.4 Å². The van der Waals surface area contributed by atoms with E-state index in [1.54, 1.807) is 29.4 Å². The number of aromatic amines is 1. The van der Waals surface area contributed by atoms with E-state index in [2.05, 4.69) is 21.3 Å². The molecule has 0 aliphatic carbocycles. The van der Waals surface area contributed by atoms with Crippen molar-refractivity contribution >= 4 is 23.3 Å². The summed E-state index contributed by atoms with van der Waals surface area (Å²) in [5.74, 6) is 0.647. The van der Waals surface area contributed by atoms with Gasteiger partial charge in [0.15, 0.2) is 0 Å². The molecule has 3 heterocycles. The number of rotatable bonds is 4. The summed E-state index contributed by atoms with van der Waals surface area (Å²) in [5.41, 5.74) is 3.12. The van der Waals surface area contributed by atoms with Crippen LogP contribution < -0.4 is 4.90 Å². The van der Waals surface area contributed by atoms with Crippen molar-refractivity contribution in [2.24, 2.45) is 5.92 Å². The summed E-state index contributed by atoms with van der Waals surface area (Å²) in [5, 5.41) is 16.9. The predicted octanol–water partition coefficient (Wildman–Crippen LogP) is 3.98. The van der Waals surface area contributed by atoms with Gasteiger partial charge >= 0.3 is 0 Å². The molecular formula is C21H18ClN5O. The predicted molar refractivity (Wildman–Crippen MR) is 107 cm³/mol. The van der Waals surface area contributed by atoms with Crippen molar-refractivity contribution in [1.29, 1.82) is 5.26 Å². The first-order valence-electron chi connectivity index (χ1n) is 9.11. The number of halogens is 1. The van der Waals surface area contributed by atoms with E-state index < -0.39 is 0 Å². The van der Waals surface area contributed by atoms with Gasteiger partial charge in [-0.1, -0.05) is 17.7 Å². The zero-order valence-corrected chi connectivity index (χ0v) is 15.9. The normalized spacial score (nSPS) is 16.8. The lowest BCUT2D eigenvalue weighted by Gasteiger charge is -2.31. The molecule has 0 bridgehead atoms. The Morgan fingerprint density at radius 3 is 2.86 bits per heavy atom. The van der Waals surface area contributed by atoms with E-state index in [4.69, 9.17) is 16.9 Å². The smallest absolute Gasteiger partial charge is 0.231 e. The maximum absolute atomic E-state index is 13.1. The van der Waals surface area contributed by atoms with Crippen LogP contribution >= 0.6 is 11.6 Å². The molecule has 28 heavy (non-hydrogen) atoms. The van der Waals surface area contributed by atoms with Gasteiger partial charge in [0.1, 0.15) is 11.9 Å². The molecule has 1 unspecified atom stereocenters. The number of carbonyl (C=O) groups excluding carboxylic acids is 1. The Hall–Kier alpha value is -3.17. The summed E-state index contributed by atoms with van der Waals surface area (Å²) >= 11 is 6.01. The number of nitrogens with zero attached hydrogens (tertiary/aromatic N) is 4. The van der Waals surface area contributed by atoms with Gasteiger partial charge in [-0.2, -0.15) is 10.4 Å². The van der Waals surface area contributed by atoms with E-state index in [1.165, 1.54) is 0 Å². The van der Waals surface area contributed by atoms with Crippen LogP contribution in [0.4, 0.5) is 5.82 Å². The van der Waals surface area contributed by atoms with Crippen LogP contribution in [0.15, 0.2) is 48.8 Å². The topological polar surface area (TPSA) is 85.7 Å². The Kier molecular flexibility index (Phi) is 5.09. The largest absolute Gasteiger partial charge is 0.297 e. The van der Waals surface area contributed by atoms with Gasteiger partial charge in [-0.15, -0.1) is 0 Å². The van der Waals surface area contributed by atoms with Crippen molar-refractivity contribution in [3.8, 4) is 17.3 Å². The molecule has 1 N–H and O–H groups in total. The van der Waals surface area contributed by atoms with Crippen molar-refractivity contribution in [2.75, 3.05) is 11.4 Å². The maximum atomic E-state index is 13.1. The molecule has 4 rings (SSSR count). The van der Waals surface area contributed by atoms with Crippen molar-refractivity contribution in [2.45, 2.75) is 19.3 Å². The second-order valence-electron chi connectivity index (χ2n) is 6.83. The number of amides is 1. The Labute approximate surface area is 167 Å². The van der Waals surface area contributed by atoms with Crippen LogP contribution in [0.25, 0.3) is 11.3 Å². The van der Waals surface area contributed by atoms with Gasteiger partial charge < -0.3 is 0 Å². The zero-order valence-electron chi connectivity index (χ0n) is 15.1. The number of aromatic nitrogens is 3. The number of hydrogen-bond acceptors (Lipinski definition) is 4. The van der Waals surface area contributed by atoms with Gasteiger partial charge in [0.2, 0.25) is 5.91 Å². The fourth-order valence-corrected chi connectivity index (χ4v) is 3.73. The van der Waals surface area contributed by atoms with Crippen molar-refractivity contribution in [3.05, 3.63) is 64.9 Å². The first kappa shape index (κ1) is 18.2. The molecule has 2 aromatic heterocycles. The quantitative estimate of drug-likeness (QED) is 0.728. The monoisotopic (exact) mass is 391 g/mol. The Morgan fingerprint density at radius 2 is 2.07 bits per heavy atom. The van der Waals surface area contributed by atoms with Gasteiger partial charge in [0, 0.05) is 36.5 Å². The summed E-state index contributed by atoms with van der Waals surface area (Å²) in [4.78, 5) is 18.9. The molecule has 7 heteroatoms. The summed E-state index contributed by atoms with van der Waals surface area (Å²) < 4.78 is 0. The molecule has 1 amide bonds.